The van der Waals surface area contributed by atoms with E-state index < -0.39 is 5.60 Å². The van der Waals surface area contributed by atoms with Crippen LogP contribution in [0.5, 0.6) is 5.75 Å². The largest absolute Gasteiger partial charge is 0.491 e. The Kier molecular flexibility index (Phi) is 6.50. The second-order valence-electron chi connectivity index (χ2n) is 6.47. The zero-order chi connectivity index (χ0) is 15.2. The number of rotatable bonds is 8. The summed E-state index contributed by atoms with van der Waals surface area (Å²) in [7, 11) is 0. The lowest BCUT2D eigenvalue weighted by atomic mass is 9.94. The molecule has 0 bridgehead atoms. The summed E-state index contributed by atoms with van der Waals surface area (Å²) in [5, 5.41) is 13.6. The van der Waals surface area contributed by atoms with Crippen molar-refractivity contribution in [3.63, 3.8) is 0 Å². The third-order valence-corrected chi connectivity index (χ3v) is 3.00. The summed E-state index contributed by atoms with van der Waals surface area (Å²) in [5.74, 6) is 1.40. The molecular formula is C17H29NO2. The molecule has 0 aliphatic carbocycles. The molecule has 0 aromatic heterocycles. The first-order chi connectivity index (χ1) is 9.30. The average Bonchev–Trinajstić information content (AvgIpc) is 2.28. The summed E-state index contributed by atoms with van der Waals surface area (Å²) in [4.78, 5) is 0. The van der Waals surface area contributed by atoms with Crippen LogP contribution in [0.1, 0.15) is 46.6 Å². The summed E-state index contributed by atoms with van der Waals surface area (Å²) < 4.78 is 5.79. The summed E-state index contributed by atoms with van der Waals surface area (Å²) in [6.07, 6.45) is 0.963. The molecule has 1 unspecified atom stereocenters. The number of para-hydroxylation sites is 1. The maximum Gasteiger partial charge on any atom is 0.124 e. The predicted octanol–water partition coefficient (Wildman–Crippen LogP) is 3.36. The minimum absolute atomic E-state index is 0.167. The number of hydrogen-bond acceptors (Lipinski definition) is 3. The van der Waals surface area contributed by atoms with Gasteiger partial charge >= 0.3 is 0 Å². The van der Waals surface area contributed by atoms with Crippen molar-refractivity contribution in [2.24, 2.45) is 5.92 Å². The van der Waals surface area contributed by atoms with Crippen LogP contribution >= 0.6 is 0 Å². The van der Waals surface area contributed by atoms with Gasteiger partial charge in [-0.2, -0.15) is 0 Å². The van der Waals surface area contributed by atoms with E-state index in [1.165, 1.54) is 0 Å². The zero-order valence-electron chi connectivity index (χ0n) is 13.4. The molecule has 3 nitrogen and oxygen atoms in total. The van der Waals surface area contributed by atoms with Gasteiger partial charge in [0, 0.05) is 18.7 Å². The van der Waals surface area contributed by atoms with Crippen molar-refractivity contribution >= 4 is 0 Å². The first kappa shape index (κ1) is 17.0. The average molecular weight is 279 g/mol. The lowest BCUT2D eigenvalue weighted by Crippen LogP contribution is -2.38. The Morgan fingerprint density at radius 1 is 1.20 bits per heavy atom. The number of benzene rings is 1. The Hall–Kier alpha value is -1.06. The van der Waals surface area contributed by atoms with Crippen molar-refractivity contribution in [3.8, 4) is 5.75 Å². The lowest BCUT2D eigenvalue weighted by Gasteiger charge is -2.26. The second kappa shape index (κ2) is 7.65. The smallest absolute Gasteiger partial charge is 0.124 e. The fourth-order valence-electron chi connectivity index (χ4n) is 2.44. The van der Waals surface area contributed by atoms with E-state index in [4.69, 9.17) is 4.74 Å². The molecule has 0 saturated heterocycles. The molecule has 3 heteroatoms. The number of aliphatic hydroxyl groups is 1. The quantitative estimate of drug-likeness (QED) is 0.766. The Bertz CT molecular complexity index is 400. The van der Waals surface area contributed by atoms with Crippen LogP contribution in [0.4, 0.5) is 0 Å². The van der Waals surface area contributed by atoms with E-state index in [0.717, 1.165) is 17.7 Å². The highest BCUT2D eigenvalue weighted by molar-refractivity contribution is 5.33. The molecule has 2 N–H and O–H groups in total. The van der Waals surface area contributed by atoms with Gasteiger partial charge in [-0.05, 0) is 39.2 Å². The molecule has 1 aromatic rings. The van der Waals surface area contributed by atoms with Gasteiger partial charge in [0.25, 0.3) is 0 Å². The van der Waals surface area contributed by atoms with Crippen molar-refractivity contribution in [2.75, 3.05) is 6.54 Å². The molecule has 0 saturated carbocycles. The molecule has 0 aliphatic rings. The molecule has 1 rings (SSSR count). The van der Waals surface area contributed by atoms with Gasteiger partial charge in [0.2, 0.25) is 0 Å². The van der Waals surface area contributed by atoms with Gasteiger partial charge in [0.1, 0.15) is 5.75 Å². The minimum atomic E-state index is -0.665. The summed E-state index contributed by atoms with van der Waals surface area (Å²) in [6.45, 7) is 11.5. The fourth-order valence-corrected chi connectivity index (χ4v) is 2.44. The van der Waals surface area contributed by atoms with Crippen molar-refractivity contribution in [1.29, 1.82) is 0 Å². The summed E-state index contributed by atoms with van der Waals surface area (Å²) >= 11 is 0. The third-order valence-electron chi connectivity index (χ3n) is 3.00. The van der Waals surface area contributed by atoms with Crippen LogP contribution in [-0.2, 0) is 6.54 Å². The Morgan fingerprint density at radius 3 is 2.45 bits per heavy atom. The topological polar surface area (TPSA) is 41.5 Å². The van der Waals surface area contributed by atoms with Crippen molar-refractivity contribution < 1.29 is 9.84 Å². The van der Waals surface area contributed by atoms with Gasteiger partial charge in [-0.1, -0.05) is 32.0 Å². The van der Waals surface area contributed by atoms with Gasteiger partial charge < -0.3 is 15.2 Å². The molecule has 0 spiro atoms. The molecule has 0 fully saturated rings. The van der Waals surface area contributed by atoms with Crippen LogP contribution in [0.25, 0.3) is 0 Å². The van der Waals surface area contributed by atoms with E-state index in [2.05, 4.69) is 25.2 Å². The van der Waals surface area contributed by atoms with Gasteiger partial charge in [0.05, 0.1) is 11.7 Å². The molecule has 1 aromatic carbocycles. The van der Waals surface area contributed by atoms with E-state index in [-0.39, 0.29) is 6.10 Å². The molecule has 0 radical (unpaired) electrons. The minimum Gasteiger partial charge on any atom is -0.491 e. The van der Waals surface area contributed by atoms with Gasteiger partial charge in [-0.25, -0.2) is 0 Å². The van der Waals surface area contributed by atoms with Crippen LogP contribution < -0.4 is 10.1 Å². The highest BCUT2D eigenvalue weighted by Gasteiger charge is 2.21. The van der Waals surface area contributed by atoms with E-state index in [9.17, 15) is 5.11 Å². The van der Waals surface area contributed by atoms with E-state index in [1.54, 1.807) is 0 Å². The van der Waals surface area contributed by atoms with Crippen LogP contribution in [0, 0.1) is 5.92 Å². The highest BCUT2D eigenvalue weighted by Crippen LogP contribution is 2.20. The van der Waals surface area contributed by atoms with Crippen LogP contribution in [-0.4, -0.2) is 23.4 Å². The Balaban J connectivity index is 2.53. The summed E-state index contributed by atoms with van der Waals surface area (Å²) in [6, 6.07) is 8.04. The monoisotopic (exact) mass is 279 g/mol. The Labute approximate surface area is 123 Å². The SMILES string of the molecule is CC(C)CC(C)(O)CNCc1ccccc1OC(C)C. The van der Waals surface area contributed by atoms with Crippen molar-refractivity contribution in [1.82, 2.24) is 5.32 Å². The van der Waals surface area contributed by atoms with E-state index in [0.29, 0.717) is 19.0 Å². The second-order valence-corrected chi connectivity index (χ2v) is 6.47. The predicted molar refractivity (Wildman–Crippen MR) is 84.0 cm³/mol. The molecule has 114 valence electrons. The van der Waals surface area contributed by atoms with Crippen LogP contribution in [0.2, 0.25) is 0 Å². The van der Waals surface area contributed by atoms with Crippen molar-refractivity contribution in [3.05, 3.63) is 29.8 Å². The third kappa shape index (κ3) is 6.40. The first-order valence-electron chi connectivity index (χ1n) is 7.48. The van der Waals surface area contributed by atoms with E-state index >= 15 is 0 Å². The molecule has 1 atom stereocenters. The van der Waals surface area contributed by atoms with Gasteiger partial charge in [-0.3, -0.25) is 0 Å². The van der Waals surface area contributed by atoms with Gasteiger partial charge in [-0.15, -0.1) is 0 Å². The van der Waals surface area contributed by atoms with Gasteiger partial charge in [0.15, 0.2) is 0 Å². The van der Waals surface area contributed by atoms with Crippen molar-refractivity contribution in [2.45, 2.75) is 59.3 Å². The lowest BCUT2D eigenvalue weighted by molar-refractivity contribution is 0.0382. The normalized spacial score (nSPS) is 14.6. The standard InChI is InChI=1S/C17H29NO2/c1-13(2)10-17(5,19)12-18-11-15-8-6-7-9-16(15)20-14(3)4/h6-9,13-14,18-19H,10-12H2,1-5H3. The fraction of sp³-hybridized carbons (Fsp3) is 0.647. The maximum atomic E-state index is 10.3. The van der Waals surface area contributed by atoms with E-state index in [1.807, 2.05) is 39.0 Å². The van der Waals surface area contributed by atoms with Crippen LogP contribution in [0.3, 0.4) is 0 Å². The molecule has 0 heterocycles. The number of nitrogens with one attached hydrogen (secondary N) is 1. The zero-order valence-corrected chi connectivity index (χ0v) is 13.4. The number of ether oxygens (including phenoxy) is 1. The number of hydrogen-bond donors (Lipinski definition) is 2. The molecule has 0 amide bonds. The molecule has 20 heavy (non-hydrogen) atoms. The Morgan fingerprint density at radius 2 is 1.85 bits per heavy atom. The first-order valence-corrected chi connectivity index (χ1v) is 7.48. The highest BCUT2D eigenvalue weighted by atomic mass is 16.5. The van der Waals surface area contributed by atoms with Crippen LogP contribution in [0.15, 0.2) is 24.3 Å². The molecule has 0 aliphatic heterocycles. The molecular weight excluding hydrogens is 250 g/mol. The summed E-state index contributed by atoms with van der Waals surface area (Å²) in [5.41, 5.74) is 0.462. The maximum absolute atomic E-state index is 10.3.